The highest BCUT2D eigenvalue weighted by Crippen LogP contribution is 2.14. The van der Waals surface area contributed by atoms with Crippen molar-refractivity contribution >= 4 is 22.6 Å². The van der Waals surface area contributed by atoms with E-state index in [0.29, 0.717) is 8.30 Å². The first-order chi connectivity index (χ1) is 4.20. The Morgan fingerprint density at radius 3 is 2.78 bits per heavy atom. The Kier molecular flexibility index (Phi) is 1.75. The zero-order valence-corrected chi connectivity index (χ0v) is 6.57. The standard InChI is InChI=1S/C5H4INO2/c6-4-3-7(9)2-1-5(4)8/h1-3,8H. The molecule has 1 heterocycles. The van der Waals surface area contributed by atoms with Crippen LogP contribution in [0.25, 0.3) is 0 Å². The number of rotatable bonds is 0. The minimum Gasteiger partial charge on any atom is -0.619 e. The zero-order chi connectivity index (χ0) is 6.85. The van der Waals surface area contributed by atoms with Crippen molar-refractivity contribution in [1.29, 1.82) is 0 Å². The van der Waals surface area contributed by atoms with Crippen molar-refractivity contribution in [3.8, 4) is 5.75 Å². The SMILES string of the molecule is [O-][n+]1ccc(O)c(I)c1. The molecule has 0 aliphatic rings. The van der Waals surface area contributed by atoms with Crippen molar-refractivity contribution in [1.82, 2.24) is 0 Å². The third-order valence-corrected chi connectivity index (χ3v) is 1.70. The third kappa shape index (κ3) is 1.44. The molecule has 1 aromatic heterocycles. The fourth-order valence-electron chi connectivity index (χ4n) is 0.445. The molecule has 0 amide bonds. The molecule has 3 nitrogen and oxygen atoms in total. The summed E-state index contributed by atoms with van der Waals surface area (Å²) in [6, 6.07) is 1.36. The maximum Gasteiger partial charge on any atom is 0.197 e. The monoisotopic (exact) mass is 237 g/mol. The van der Waals surface area contributed by atoms with E-state index in [2.05, 4.69) is 0 Å². The molecule has 1 aromatic rings. The van der Waals surface area contributed by atoms with E-state index < -0.39 is 0 Å². The lowest BCUT2D eigenvalue weighted by Gasteiger charge is -1.95. The molecule has 9 heavy (non-hydrogen) atoms. The highest BCUT2D eigenvalue weighted by molar-refractivity contribution is 14.1. The topological polar surface area (TPSA) is 47.2 Å². The van der Waals surface area contributed by atoms with Gasteiger partial charge >= 0.3 is 0 Å². The average Bonchev–Trinajstić information content (AvgIpc) is 1.80. The van der Waals surface area contributed by atoms with Crippen LogP contribution in [0.15, 0.2) is 18.5 Å². The number of aromatic hydroxyl groups is 1. The van der Waals surface area contributed by atoms with Gasteiger partial charge in [-0.05, 0) is 22.6 Å². The second-order valence-electron chi connectivity index (χ2n) is 1.54. The van der Waals surface area contributed by atoms with Crippen molar-refractivity contribution in [3.63, 3.8) is 0 Å². The molecule has 0 atom stereocenters. The molecule has 0 aromatic carbocycles. The lowest BCUT2D eigenvalue weighted by Crippen LogP contribution is -2.24. The Morgan fingerprint density at radius 1 is 1.67 bits per heavy atom. The summed E-state index contributed by atoms with van der Waals surface area (Å²) in [5.74, 6) is 0.141. The molecule has 1 rings (SSSR count). The van der Waals surface area contributed by atoms with Crippen LogP contribution in [0.5, 0.6) is 5.75 Å². The minimum absolute atomic E-state index is 0.141. The lowest BCUT2D eigenvalue weighted by molar-refractivity contribution is -0.606. The van der Waals surface area contributed by atoms with E-state index >= 15 is 0 Å². The smallest absolute Gasteiger partial charge is 0.197 e. The highest BCUT2D eigenvalue weighted by atomic mass is 127. The Labute approximate surface area is 65.7 Å². The van der Waals surface area contributed by atoms with E-state index in [1.807, 2.05) is 22.6 Å². The summed E-state index contributed by atoms with van der Waals surface area (Å²) < 4.78 is 1.20. The van der Waals surface area contributed by atoms with Crippen molar-refractivity contribution in [3.05, 3.63) is 27.2 Å². The van der Waals surface area contributed by atoms with E-state index in [1.54, 1.807) is 0 Å². The Hall–Kier alpha value is -0.520. The molecule has 1 N–H and O–H groups in total. The van der Waals surface area contributed by atoms with Crippen LogP contribution < -0.4 is 4.73 Å². The number of hydrogen-bond acceptors (Lipinski definition) is 2. The molecule has 0 radical (unpaired) electrons. The summed E-state index contributed by atoms with van der Waals surface area (Å²) >= 11 is 1.88. The summed E-state index contributed by atoms with van der Waals surface area (Å²) in [4.78, 5) is 0. The van der Waals surface area contributed by atoms with E-state index in [9.17, 15) is 5.21 Å². The van der Waals surface area contributed by atoms with Gasteiger partial charge in [-0.25, -0.2) is 0 Å². The van der Waals surface area contributed by atoms with E-state index in [-0.39, 0.29) is 5.75 Å². The molecule has 48 valence electrons. The van der Waals surface area contributed by atoms with Gasteiger partial charge < -0.3 is 10.3 Å². The Bertz CT molecular complexity index is 226. The number of halogens is 1. The summed E-state index contributed by atoms with van der Waals surface area (Å²) in [7, 11) is 0. The van der Waals surface area contributed by atoms with E-state index in [4.69, 9.17) is 5.11 Å². The fraction of sp³-hybridized carbons (Fsp3) is 0. The molecule has 0 aliphatic heterocycles. The number of pyridine rings is 1. The van der Waals surface area contributed by atoms with Gasteiger partial charge in [0.25, 0.3) is 0 Å². The molecule has 4 heteroatoms. The first-order valence-electron chi connectivity index (χ1n) is 2.27. The molecule has 0 spiro atoms. The van der Waals surface area contributed by atoms with Gasteiger partial charge in [0.05, 0.1) is 0 Å². The van der Waals surface area contributed by atoms with Gasteiger partial charge in [0.1, 0.15) is 9.32 Å². The molecule has 0 saturated carbocycles. The van der Waals surface area contributed by atoms with E-state index in [0.717, 1.165) is 0 Å². The van der Waals surface area contributed by atoms with Crippen molar-refractivity contribution in [2.75, 3.05) is 0 Å². The molecule has 0 aliphatic carbocycles. The predicted octanol–water partition coefficient (Wildman–Crippen LogP) is 0.630. The summed E-state index contributed by atoms with van der Waals surface area (Å²) in [6.45, 7) is 0. The van der Waals surface area contributed by atoms with Crippen LogP contribution >= 0.6 is 22.6 Å². The predicted molar refractivity (Wildman–Crippen MR) is 39.8 cm³/mol. The molecule has 0 saturated heterocycles. The maximum absolute atomic E-state index is 10.4. The number of hydrogen-bond donors (Lipinski definition) is 1. The molecule has 0 bridgehead atoms. The van der Waals surface area contributed by atoms with Crippen LogP contribution in [0.1, 0.15) is 0 Å². The van der Waals surface area contributed by atoms with Crippen LogP contribution in [0, 0.1) is 8.78 Å². The zero-order valence-electron chi connectivity index (χ0n) is 4.41. The highest BCUT2D eigenvalue weighted by Gasteiger charge is 1.98. The number of aromatic nitrogens is 1. The van der Waals surface area contributed by atoms with Gasteiger partial charge in [-0.2, -0.15) is 4.73 Å². The molecule has 0 fully saturated rings. The maximum atomic E-state index is 10.4. The quantitative estimate of drug-likeness (QED) is 0.408. The second-order valence-corrected chi connectivity index (χ2v) is 2.70. The lowest BCUT2D eigenvalue weighted by atomic mass is 10.5. The Balaban J connectivity index is 3.17. The Morgan fingerprint density at radius 2 is 2.33 bits per heavy atom. The largest absolute Gasteiger partial charge is 0.619 e. The van der Waals surface area contributed by atoms with Crippen LogP contribution in [0.2, 0.25) is 0 Å². The van der Waals surface area contributed by atoms with Gasteiger partial charge in [0.2, 0.25) is 0 Å². The fourth-order valence-corrected chi connectivity index (χ4v) is 0.899. The molecule has 0 unspecified atom stereocenters. The first kappa shape index (κ1) is 6.60. The van der Waals surface area contributed by atoms with Gasteiger partial charge in [0.15, 0.2) is 12.4 Å². The molecular formula is C5H4INO2. The summed E-state index contributed by atoms with van der Waals surface area (Å²) in [5, 5.41) is 19.3. The van der Waals surface area contributed by atoms with Crippen molar-refractivity contribution in [2.45, 2.75) is 0 Å². The van der Waals surface area contributed by atoms with Gasteiger partial charge in [-0.15, -0.1) is 0 Å². The third-order valence-electron chi connectivity index (χ3n) is 0.865. The number of nitrogens with zero attached hydrogens (tertiary/aromatic N) is 1. The summed E-state index contributed by atoms with van der Waals surface area (Å²) in [6.07, 6.45) is 2.55. The van der Waals surface area contributed by atoms with Crippen LogP contribution in [0.4, 0.5) is 0 Å². The molecular weight excluding hydrogens is 233 g/mol. The normalized spacial score (nSPS) is 9.44. The average molecular weight is 237 g/mol. The second kappa shape index (κ2) is 2.38. The van der Waals surface area contributed by atoms with Crippen molar-refractivity contribution in [2.24, 2.45) is 0 Å². The first-order valence-corrected chi connectivity index (χ1v) is 3.35. The van der Waals surface area contributed by atoms with Gasteiger partial charge in [-0.3, -0.25) is 0 Å². The van der Waals surface area contributed by atoms with Gasteiger partial charge in [-0.1, -0.05) is 0 Å². The summed E-state index contributed by atoms with van der Waals surface area (Å²) in [5.41, 5.74) is 0. The van der Waals surface area contributed by atoms with Crippen LogP contribution in [-0.2, 0) is 0 Å². The van der Waals surface area contributed by atoms with Crippen molar-refractivity contribution < 1.29 is 9.84 Å². The van der Waals surface area contributed by atoms with Gasteiger partial charge in [0, 0.05) is 6.07 Å². The van der Waals surface area contributed by atoms with Crippen LogP contribution in [-0.4, -0.2) is 5.11 Å². The van der Waals surface area contributed by atoms with Crippen LogP contribution in [0.3, 0.4) is 0 Å². The minimum atomic E-state index is 0.141. The van der Waals surface area contributed by atoms with E-state index in [1.165, 1.54) is 18.5 Å².